The van der Waals surface area contributed by atoms with Crippen molar-refractivity contribution in [2.75, 3.05) is 4.90 Å². The van der Waals surface area contributed by atoms with Gasteiger partial charge in [0.05, 0.1) is 0 Å². The number of hydrogen-bond donors (Lipinski definition) is 0. The molecule has 2 aromatic heterocycles. The van der Waals surface area contributed by atoms with Gasteiger partial charge in [-0.3, -0.25) is 0 Å². The summed E-state index contributed by atoms with van der Waals surface area (Å²) in [7, 11) is 0. The first kappa shape index (κ1) is 25.4. The van der Waals surface area contributed by atoms with Crippen LogP contribution in [0.2, 0.25) is 0 Å². The van der Waals surface area contributed by atoms with Crippen molar-refractivity contribution in [3.05, 3.63) is 164 Å². The van der Waals surface area contributed by atoms with E-state index in [-0.39, 0.29) is 0 Å². The summed E-state index contributed by atoms with van der Waals surface area (Å²) in [4.78, 5) is 2.30. The Morgan fingerprint density at radius 1 is 0.311 bits per heavy atom. The van der Waals surface area contributed by atoms with Crippen molar-refractivity contribution in [3.8, 4) is 22.3 Å². The van der Waals surface area contributed by atoms with Gasteiger partial charge in [0, 0.05) is 38.6 Å². The lowest BCUT2D eigenvalue weighted by Gasteiger charge is -2.26. The van der Waals surface area contributed by atoms with Gasteiger partial charge in [-0.1, -0.05) is 103 Å². The van der Waals surface area contributed by atoms with Crippen molar-refractivity contribution in [1.29, 1.82) is 0 Å². The van der Waals surface area contributed by atoms with Crippen molar-refractivity contribution in [1.82, 2.24) is 0 Å². The summed E-state index contributed by atoms with van der Waals surface area (Å²) in [6.07, 6.45) is 0. The molecule has 0 radical (unpaired) electrons. The van der Waals surface area contributed by atoms with Gasteiger partial charge in [-0.05, 0) is 82.9 Å². The number of hydrogen-bond acceptors (Lipinski definition) is 3. The normalized spacial score (nSPS) is 11.6. The van der Waals surface area contributed by atoms with E-state index in [1.54, 1.807) is 0 Å². The predicted molar refractivity (Wildman–Crippen MR) is 187 cm³/mol. The van der Waals surface area contributed by atoms with Crippen LogP contribution in [0.1, 0.15) is 0 Å². The number of rotatable bonds is 5. The molecule has 0 aliphatic carbocycles. The molecule has 0 unspecified atom stereocenters. The molecular formula is C42H27NO2. The second-order valence-corrected chi connectivity index (χ2v) is 11.3. The molecule has 3 heteroatoms. The maximum atomic E-state index is 6.16. The minimum absolute atomic E-state index is 0.905. The second-order valence-electron chi connectivity index (χ2n) is 11.3. The Bertz CT molecular complexity index is 2310. The van der Waals surface area contributed by atoms with E-state index in [2.05, 4.69) is 132 Å². The average Bonchev–Trinajstić information content (AvgIpc) is 3.68. The third-order valence-electron chi connectivity index (χ3n) is 8.69. The number of nitrogens with zero attached hydrogens (tertiary/aromatic N) is 1. The molecule has 7 aromatic carbocycles. The topological polar surface area (TPSA) is 29.5 Å². The highest BCUT2D eigenvalue weighted by Gasteiger charge is 2.16. The molecule has 0 aliphatic rings. The highest BCUT2D eigenvalue weighted by Crippen LogP contribution is 2.41. The lowest BCUT2D eigenvalue weighted by atomic mass is 9.98. The molecule has 0 saturated carbocycles. The Kier molecular flexibility index (Phi) is 5.82. The Morgan fingerprint density at radius 2 is 0.711 bits per heavy atom. The maximum Gasteiger partial charge on any atom is 0.136 e. The van der Waals surface area contributed by atoms with Gasteiger partial charge in [-0.25, -0.2) is 0 Å². The van der Waals surface area contributed by atoms with E-state index in [9.17, 15) is 0 Å². The van der Waals surface area contributed by atoms with Crippen LogP contribution in [0, 0.1) is 0 Å². The van der Waals surface area contributed by atoms with Gasteiger partial charge in [0.2, 0.25) is 0 Å². The zero-order chi connectivity index (χ0) is 29.7. The highest BCUT2D eigenvalue weighted by molar-refractivity contribution is 6.13. The molecule has 3 nitrogen and oxygen atoms in total. The molecule has 0 spiro atoms. The zero-order valence-electron chi connectivity index (χ0n) is 24.4. The van der Waals surface area contributed by atoms with Crippen molar-refractivity contribution in [2.24, 2.45) is 0 Å². The lowest BCUT2D eigenvalue weighted by Crippen LogP contribution is -2.09. The summed E-state index contributed by atoms with van der Waals surface area (Å²) in [5.74, 6) is 0. The van der Waals surface area contributed by atoms with Crippen LogP contribution < -0.4 is 4.90 Å². The zero-order valence-corrected chi connectivity index (χ0v) is 24.4. The third-order valence-corrected chi connectivity index (χ3v) is 8.69. The SMILES string of the molecule is c1ccc(N(c2ccc(-c3cccc4oc5ccccc5c34)cc2)c2ccc(-c3cccc4oc5ccccc5c34)cc2)cc1. The molecule has 0 bridgehead atoms. The molecule has 9 rings (SSSR count). The summed E-state index contributed by atoms with van der Waals surface area (Å²) in [5, 5.41) is 4.57. The Morgan fingerprint density at radius 3 is 1.20 bits per heavy atom. The molecule has 0 saturated heterocycles. The molecule has 0 fully saturated rings. The van der Waals surface area contributed by atoms with Gasteiger partial charge in [-0.2, -0.15) is 0 Å². The van der Waals surface area contributed by atoms with Crippen LogP contribution in [0.15, 0.2) is 173 Å². The van der Waals surface area contributed by atoms with Gasteiger partial charge in [0.1, 0.15) is 22.3 Å². The smallest absolute Gasteiger partial charge is 0.136 e. The average molecular weight is 578 g/mol. The molecular weight excluding hydrogens is 550 g/mol. The molecule has 45 heavy (non-hydrogen) atoms. The molecule has 0 N–H and O–H groups in total. The molecule has 0 atom stereocenters. The van der Waals surface area contributed by atoms with Crippen LogP contribution in [-0.4, -0.2) is 0 Å². The third kappa shape index (κ3) is 4.21. The summed E-state index contributed by atoms with van der Waals surface area (Å²) in [6, 6.07) is 57.3. The minimum atomic E-state index is 0.905. The van der Waals surface area contributed by atoms with E-state index < -0.39 is 0 Å². The summed E-state index contributed by atoms with van der Waals surface area (Å²) in [6.45, 7) is 0. The highest BCUT2D eigenvalue weighted by atomic mass is 16.3. The van der Waals surface area contributed by atoms with E-state index in [0.29, 0.717) is 0 Å². The molecule has 9 aromatic rings. The van der Waals surface area contributed by atoms with Gasteiger partial charge >= 0.3 is 0 Å². The fourth-order valence-corrected chi connectivity index (χ4v) is 6.63. The number of fused-ring (bicyclic) bond motifs is 6. The Balaban J connectivity index is 1.12. The van der Waals surface area contributed by atoms with Crippen molar-refractivity contribution >= 4 is 60.9 Å². The van der Waals surface area contributed by atoms with Gasteiger partial charge in [-0.15, -0.1) is 0 Å². The van der Waals surface area contributed by atoms with Crippen molar-refractivity contribution in [2.45, 2.75) is 0 Å². The fraction of sp³-hybridized carbons (Fsp3) is 0. The fourth-order valence-electron chi connectivity index (χ4n) is 6.63. The van der Waals surface area contributed by atoms with Gasteiger partial charge < -0.3 is 13.7 Å². The first-order valence-electron chi connectivity index (χ1n) is 15.2. The molecule has 0 amide bonds. The summed E-state index contributed by atoms with van der Waals surface area (Å²) in [5.41, 5.74) is 11.5. The van der Waals surface area contributed by atoms with E-state index in [1.807, 2.05) is 36.4 Å². The van der Waals surface area contributed by atoms with Crippen molar-refractivity contribution < 1.29 is 8.83 Å². The first-order chi connectivity index (χ1) is 22.3. The monoisotopic (exact) mass is 577 g/mol. The summed E-state index contributed by atoms with van der Waals surface area (Å²) >= 11 is 0. The van der Waals surface area contributed by atoms with Crippen LogP contribution in [0.25, 0.3) is 66.1 Å². The number of anilines is 3. The maximum absolute atomic E-state index is 6.16. The minimum Gasteiger partial charge on any atom is -0.456 e. The summed E-state index contributed by atoms with van der Waals surface area (Å²) < 4.78 is 12.3. The molecule has 0 aliphatic heterocycles. The quantitative estimate of drug-likeness (QED) is 0.204. The van der Waals surface area contributed by atoms with Crippen molar-refractivity contribution in [3.63, 3.8) is 0 Å². The molecule has 212 valence electrons. The van der Waals surface area contributed by atoms with Gasteiger partial charge in [0.25, 0.3) is 0 Å². The van der Waals surface area contributed by atoms with E-state index in [0.717, 1.165) is 72.1 Å². The standard InChI is InChI=1S/C42H27NO2/c1-2-10-30(11-3-1)43(31-24-20-28(21-25-31)33-14-8-18-39-41(33)35-12-4-6-16-37(35)44-39)32-26-22-29(23-27-32)34-15-9-19-40-42(34)36-13-5-7-17-38(36)45-40/h1-27H. The van der Waals surface area contributed by atoms with Crippen LogP contribution >= 0.6 is 0 Å². The first-order valence-corrected chi connectivity index (χ1v) is 15.2. The largest absolute Gasteiger partial charge is 0.456 e. The lowest BCUT2D eigenvalue weighted by molar-refractivity contribution is 0.668. The van der Waals surface area contributed by atoms with E-state index in [4.69, 9.17) is 8.83 Å². The Hall–Kier alpha value is -6.06. The number of para-hydroxylation sites is 3. The van der Waals surface area contributed by atoms with Crippen LogP contribution in [0.5, 0.6) is 0 Å². The number of benzene rings is 7. The number of furan rings is 2. The van der Waals surface area contributed by atoms with Crippen LogP contribution in [0.4, 0.5) is 17.1 Å². The van der Waals surface area contributed by atoms with E-state index in [1.165, 1.54) is 11.1 Å². The second kappa shape index (κ2) is 10.3. The van der Waals surface area contributed by atoms with Crippen LogP contribution in [-0.2, 0) is 0 Å². The predicted octanol–water partition coefficient (Wildman–Crippen LogP) is 12.3. The van der Waals surface area contributed by atoms with Crippen LogP contribution in [0.3, 0.4) is 0 Å². The molecule has 2 heterocycles. The van der Waals surface area contributed by atoms with Gasteiger partial charge in [0.15, 0.2) is 0 Å². The van der Waals surface area contributed by atoms with E-state index >= 15 is 0 Å². The Labute approximate surface area is 260 Å².